The zero-order valence-electron chi connectivity index (χ0n) is 19.5. The van der Waals surface area contributed by atoms with Crippen LogP contribution in [0.25, 0.3) is 21.9 Å². The molecule has 1 saturated heterocycles. The Balaban J connectivity index is 1.61. The molecular formula is C26H24N6O3. The fourth-order valence-electron chi connectivity index (χ4n) is 4.67. The number of nitrogens with zero attached hydrogens (tertiary/aromatic N) is 5. The number of hydrogen-bond donors (Lipinski definition) is 1. The van der Waals surface area contributed by atoms with E-state index in [4.69, 9.17) is 20.7 Å². The van der Waals surface area contributed by atoms with Gasteiger partial charge >= 0.3 is 0 Å². The Morgan fingerprint density at radius 3 is 2.97 bits per heavy atom. The second kappa shape index (κ2) is 9.21. The van der Waals surface area contributed by atoms with Gasteiger partial charge in [-0.1, -0.05) is 5.16 Å². The first-order valence-electron chi connectivity index (χ1n) is 11.5. The zero-order valence-corrected chi connectivity index (χ0v) is 19.5. The molecule has 4 heterocycles. The van der Waals surface area contributed by atoms with E-state index in [2.05, 4.69) is 32.0 Å². The molecule has 0 unspecified atom stereocenters. The summed E-state index contributed by atoms with van der Waals surface area (Å²) in [5.74, 6) is 4.05. The maximum Gasteiger partial charge on any atom is 0.233 e. The lowest BCUT2D eigenvalue weighted by atomic mass is 9.94. The number of hydrogen-bond acceptors (Lipinski definition) is 7. The Hall–Kier alpha value is -4.21. The maximum absolute atomic E-state index is 12.9. The molecule has 5 rings (SSSR count). The number of amides is 1. The summed E-state index contributed by atoms with van der Waals surface area (Å²) in [7, 11) is 0. The molecule has 0 spiro atoms. The average Bonchev–Trinajstić information content (AvgIpc) is 3.45. The van der Waals surface area contributed by atoms with Crippen LogP contribution in [0.2, 0.25) is 0 Å². The predicted molar refractivity (Wildman–Crippen MR) is 129 cm³/mol. The fourth-order valence-corrected chi connectivity index (χ4v) is 4.67. The van der Waals surface area contributed by atoms with Crippen LogP contribution in [0.15, 0.2) is 35.0 Å². The summed E-state index contributed by atoms with van der Waals surface area (Å²) in [6, 6.07) is 9.28. The van der Waals surface area contributed by atoms with E-state index >= 15 is 0 Å². The number of aryl methyl sites for hydroxylation is 1. The molecule has 1 aromatic carbocycles. The highest BCUT2D eigenvalue weighted by atomic mass is 16.5. The van der Waals surface area contributed by atoms with Crippen LogP contribution in [-0.4, -0.2) is 38.3 Å². The summed E-state index contributed by atoms with van der Waals surface area (Å²) in [6.07, 6.45) is 8.77. The van der Waals surface area contributed by atoms with Crippen LogP contribution in [0.3, 0.4) is 0 Å². The Bertz CT molecular complexity index is 1510. The standard InChI is InChI=1S/C26H24N6O3/c1-4-15(2)22-11-18(7-8-34-22)32-24(12-25(33)30-23-9-16(3)35-31-23)29-21-14-28-20-6-5-17(13-27)10-19(20)26(21)32/h1,5-6,9-10,14-15,18,22H,7-8,11-12H2,2-3H3,(H,30,31,33)/t15-,18-,22+/m1/s1. The van der Waals surface area contributed by atoms with Crippen LogP contribution in [-0.2, 0) is 16.0 Å². The summed E-state index contributed by atoms with van der Waals surface area (Å²) in [4.78, 5) is 22.3. The van der Waals surface area contributed by atoms with Gasteiger partial charge in [0, 0.05) is 30.0 Å². The van der Waals surface area contributed by atoms with Gasteiger partial charge in [0.25, 0.3) is 0 Å². The first kappa shape index (κ1) is 22.6. The van der Waals surface area contributed by atoms with E-state index < -0.39 is 0 Å². The van der Waals surface area contributed by atoms with Crippen LogP contribution in [0.5, 0.6) is 0 Å². The predicted octanol–water partition coefficient (Wildman–Crippen LogP) is 3.92. The highest BCUT2D eigenvalue weighted by molar-refractivity contribution is 6.03. The minimum atomic E-state index is -0.259. The molecule has 3 atom stereocenters. The van der Waals surface area contributed by atoms with Gasteiger partial charge in [-0.25, -0.2) is 4.98 Å². The molecule has 1 N–H and O–H groups in total. The molecule has 35 heavy (non-hydrogen) atoms. The highest BCUT2D eigenvalue weighted by Gasteiger charge is 2.31. The van der Waals surface area contributed by atoms with Crippen LogP contribution in [0.1, 0.15) is 43.0 Å². The van der Waals surface area contributed by atoms with E-state index in [0.29, 0.717) is 41.5 Å². The number of aromatic nitrogens is 4. The van der Waals surface area contributed by atoms with Crippen molar-refractivity contribution in [1.82, 2.24) is 19.7 Å². The van der Waals surface area contributed by atoms with Crippen LogP contribution in [0.4, 0.5) is 5.82 Å². The molecule has 9 heteroatoms. The zero-order chi connectivity index (χ0) is 24.5. The van der Waals surface area contributed by atoms with Crippen LogP contribution < -0.4 is 5.32 Å². The van der Waals surface area contributed by atoms with Gasteiger partial charge in [0.15, 0.2) is 5.82 Å². The Labute approximate surface area is 202 Å². The van der Waals surface area contributed by atoms with Crippen molar-refractivity contribution >= 4 is 33.7 Å². The molecule has 1 aliphatic heterocycles. The monoisotopic (exact) mass is 468 g/mol. The number of carbonyl (C=O) groups excluding carboxylic acids is 1. The number of nitrogens with one attached hydrogen (secondary N) is 1. The van der Waals surface area contributed by atoms with Gasteiger partial charge in [0.1, 0.15) is 17.1 Å². The molecule has 176 valence electrons. The lowest BCUT2D eigenvalue weighted by Crippen LogP contribution is -2.32. The van der Waals surface area contributed by atoms with Gasteiger partial charge in [-0.05, 0) is 44.9 Å². The number of fused-ring (bicyclic) bond motifs is 3. The highest BCUT2D eigenvalue weighted by Crippen LogP contribution is 2.35. The topological polar surface area (TPSA) is 119 Å². The van der Waals surface area contributed by atoms with Gasteiger partial charge in [-0.2, -0.15) is 5.26 Å². The van der Waals surface area contributed by atoms with Gasteiger partial charge in [0.2, 0.25) is 5.91 Å². The second-order valence-electron chi connectivity index (χ2n) is 8.82. The van der Waals surface area contributed by atoms with Crippen molar-refractivity contribution in [1.29, 1.82) is 5.26 Å². The SMILES string of the molecule is C#C[C@@H](C)[C@@H]1C[C@H](n2c(CC(=O)Nc3cc(C)on3)nc3cnc4ccc(C#N)cc4c32)CCO1. The van der Waals surface area contributed by atoms with Crippen molar-refractivity contribution in [3.8, 4) is 18.4 Å². The fraction of sp³-hybridized carbons (Fsp3) is 0.346. The minimum absolute atomic E-state index is 0.0167. The van der Waals surface area contributed by atoms with E-state index in [1.165, 1.54) is 0 Å². The number of ether oxygens (including phenoxy) is 1. The lowest BCUT2D eigenvalue weighted by Gasteiger charge is -2.33. The third-order valence-corrected chi connectivity index (χ3v) is 6.41. The molecule has 9 nitrogen and oxygen atoms in total. The summed E-state index contributed by atoms with van der Waals surface area (Å²) in [5.41, 5.74) is 2.81. The average molecular weight is 469 g/mol. The Morgan fingerprint density at radius 1 is 1.37 bits per heavy atom. The molecular weight excluding hydrogens is 444 g/mol. The Kier molecular flexibility index (Phi) is 5.94. The van der Waals surface area contributed by atoms with Crippen molar-refractivity contribution in [2.45, 2.75) is 45.3 Å². The second-order valence-corrected chi connectivity index (χ2v) is 8.82. The smallest absolute Gasteiger partial charge is 0.233 e. The first-order valence-corrected chi connectivity index (χ1v) is 11.5. The number of anilines is 1. The van der Waals surface area contributed by atoms with Crippen LogP contribution in [0, 0.1) is 36.5 Å². The van der Waals surface area contributed by atoms with Crippen molar-refractivity contribution in [3.63, 3.8) is 0 Å². The van der Waals surface area contributed by atoms with Gasteiger partial charge < -0.3 is 19.1 Å². The number of rotatable bonds is 5. The van der Waals surface area contributed by atoms with E-state index in [9.17, 15) is 10.1 Å². The number of benzene rings is 1. The number of terminal acetylenes is 1. The van der Waals surface area contributed by atoms with Gasteiger partial charge in [-0.3, -0.25) is 9.78 Å². The molecule has 0 saturated carbocycles. The van der Waals surface area contributed by atoms with Crippen molar-refractivity contribution < 1.29 is 14.1 Å². The quantitative estimate of drug-likeness (QED) is 0.441. The molecule has 0 aliphatic carbocycles. The number of nitriles is 1. The molecule has 1 aliphatic rings. The number of carbonyl (C=O) groups is 1. The largest absolute Gasteiger partial charge is 0.377 e. The minimum Gasteiger partial charge on any atom is -0.377 e. The third kappa shape index (κ3) is 4.34. The van der Waals surface area contributed by atoms with E-state index in [1.54, 1.807) is 25.3 Å². The maximum atomic E-state index is 12.9. The molecule has 3 aromatic heterocycles. The summed E-state index contributed by atoms with van der Waals surface area (Å²) in [6.45, 7) is 4.29. The normalized spacial score (nSPS) is 18.7. The van der Waals surface area contributed by atoms with E-state index in [0.717, 1.165) is 22.8 Å². The van der Waals surface area contributed by atoms with Crippen LogP contribution >= 0.6 is 0 Å². The van der Waals surface area contributed by atoms with Gasteiger partial charge in [-0.15, -0.1) is 12.3 Å². The van der Waals surface area contributed by atoms with E-state index in [1.807, 2.05) is 19.1 Å². The number of imidazole rings is 1. The lowest BCUT2D eigenvalue weighted by molar-refractivity contribution is -0.115. The summed E-state index contributed by atoms with van der Waals surface area (Å²) in [5, 5.41) is 16.9. The number of pyridine rings is 1. The van der Waals surface area contributed by atoms with E-state index in [-0.39, 0.29) is 30.4 Å². The third-order valence-electron chi connectivity index (χ3n) is 6.41. The molecule has 1 fully saturated rings. The molecule has 0 bridgehead atoms. The van der Waals surface area contributed by atoms with Gasteiger partial charge in [0.05, 0.1) is 41.4 Å². The first-order chi connectivity index (χ1) is 17.0. The van der Waals surface area contributed by atoms with Crippen molar-refractivity contribution in [3.05, 3.63) is 47.6 Å². The molecule has 4 aromatic rings. The molecule has 0 radical (unpaired) electrons. The van der Waals surface area contributed by atoms with Crippen molar-refractivity contribution in [2.75, 3.05) is 11.9 Å². The Morgan fingerprint density at radius 2 is 2.23 bits per heavy atom. The summed E-state index contributed by atoms with van der Waals surface area (Å²) < 4.78 is 13.1. The van der Waals surface area contributed by atoms with Crippen molar-refractivity contribution in [2.24, 2.45) is 5.92 Å². The summed E-state index contributed by atoms with van der Waals surface area (Å²) >= 11 is 0. The molecule has 1 amide bonds.